The number of aryl methyl sites for hydroxylation is 2. The van der Waals surface area contributed by atoms with E-state index in [1.807, 2.05) is 43.5 Å². The quantitative estimate of drug-likeness (QED) is 0.385. The molecule has 0 bridgehead atoms. The number of H-pyrrole nitrogens is 1. The summed E-state index contributed by atoms with van der Waals surface area (Å²) < 4.78 is 0. The molecule has 0 atom stereocenters. The lowest BCUT2D eigenvalue weighted by Gasteiger charge is -2.23. The number of aromatic amines is 1. The highest BCUT2D eigenvalue weighted by Crippen LogP contribution is 2.21. The summed E-state index contributed by atoms with van der Waals surface area (Å²) in [5.41, 5.74) is 3.99. The predicted octanol–water partition coefficient (Wildman–Crippen LogP) is 6.09. The van der Waals surface area contributed by atoms with Gasteiger partial charge in [-0.2, -0.15) is 0 Å². The number of aromatic nitrogens is 1. The lowest BCUT2D eigenvalue weighted by atomic mass is 10.0. The Labute approximate surface area is 189 Å². The number of carbonyl (C=O) groups is 1. The molecule has 0 saturated carbocycles. The fourth-order valence-electron chi connectivity index (χ4n) is 3.57. The molecule has 0 saturated heterocycles. The highest BCUT2D eigenvalue weighted by atomic mass is 35.5. The number of fused-ring (bicyclic) bond motifs is 1. The monoisotopic (exact) mass is 451 g/mol. The summed E-state index contributed by atoms with van der Waals surface area (Å²) in [6.07, 6.45) is 0. The number of carbonyl (C=O) groups excluding carboxylic acids is 1. The first-order valence-electron chi connectivity index (χ1n) is 9.86. The van der Waals surface area contributed by atoms with Gasteiger partial charge in [0.25, 0.3) is 5.56 Å². The Balaban J connectivity index is 1.65. The van der Waals surface area contributed by atoms with Crippen LogP contribution in [0.3, 0.4) is 0 Å². The van der Waals surface area contributed by atoms with E-state index in [-0.39, 0.29) is 18.1 Å². The number of amides is 2. The Morgan fingerprint density at radius 1 is 1.10 bits per heavy atom. The van der Waals surface area contributed by atoms with Crippen molar-refractivity contribution in [3.63, 3.8) is 0 Å². The van der Waals surface area contributed by atoms with Gasteiger partial charge in [0, 0.05) is 32.1 Å². The maximum Gasteiger partial charge on any atom is 0.322 e. The summed E-state index contributed by atoms with van der Waals surface area (Å²) in [5.74, 6) is 0. The topological polar surface area (TPSA) is 65.2 Å². The lowest BCUT2D eigenvalue weighted by molar-refractivity contribution is 0.207. The SMILES string of the molecule is Cc1cc(C)c2cc(CN(Cc3cccs3)C(=O)Nc3ccc(Cl)cc3)c(=O)[nH]c2c1. The van der Waals surface area contributed by atoms with Gasteiger partial charge in [0.2, 0.25) is 0 Å². The summed E-state index contributed by atoms with van der Waals surface area (Å²) in [4.78, 5) is 31.5. The molecular weight excluding hydrogens is 430 g/mol. The highest BCUT2D eigenvalue weighted by Gasteiger charge is 2.18. The van der Waals surface area contributed by atoms with Gasteiger partial charge in [0.1, 0.15) is 0 Å². The molecule has 2 amide bonds. The average molecular weight is 452 g/mol. The van der Waals surface area contributed by atoms with E-state index in [4.69, 9.17) is 11.6 Å². The first kappa shape index (κ1) is 21.2. The number of pyridine rings is 1. The predicted molar refractivity (Wildman–Crippen MR) is 128 cm³/mol. The normalized spacial score (nSPS) is 10.9. The van der Waals surface area contributed by atoms with Gasteiger partial charge in [-0.15, -0.1) is 11.3 Å². The van der Waals surface area contributed by atoms with Crippen molar-refractivity contribution in [2.75, 3.05) is 5.32 Å². The number of thiophene rings is 1. The van der Waals surface area contributed by atoms with Gasteiger partial charge in [-0.05, 0) is 72.8 Å². The van der Waals surface area contributed by atoms with E-state index in [2.05, 4.69) is 16.4 Å². The number of benzene rings is 2. The molecule has 2 aromatic carbocycles. The Morgan fingerprint density at radius 2 is 1.87 bits per heavy atom. The third-order valence-electron chi connectivity index (χ3n) is 5.06. The molecule has 0 aliphatic rings. The molecule has 0 aliphatic carbocycles. The van der Waals surface area contributed by atoms with Crippen LogP contribution in [0, 0.1) is 13.8 Å². The Kier molecular flexibility index (Phi) is 6.11. The van der Waals surface area contributed by atoms with E-state index < -0.39 is 0 Å². The van der Waals surface area contributed by atoms with E-state index in [0.717, 1.165) is 26.9 Å². The number of urea groups is 1. The zero-order chi connectivity index (χ0) is 22.0. The largest absolute Gasteiger partial charge is 0.322 e. The number of halogens is 1. The summed E-state index contributed by atoms with van der Waals surface area (Å²) >= 11 is 7.51. The van der Waals surface area contributed by atoms with Crippen molar-refractivity contribution in [1.29, 1.82) is 0 Å². The maximum atomic E-state index is 13.1. The van der Waals surface area contributed by atoms with Gasteiger partial charge in [-0.1, -0.05) is 23.7 Å². The van der Waals surface area contributed by atoms with E-state index >= 15 is 0 Å². The van der Waals surface area contributed by atoms with Crippen LogP contribution in [0.2, 0.25) is 5.02 Å². The van der Waals surface area contributed by atoms with Crippen molar-refractivity contribution >= 4 is 45.6 Å². The van der Waals surface area contributed by atoms with Gasteiger partial charge < -0.3 is 15.2 Å². The molecule has 0 aliphatic heterocycles. The van der Waals surface area contributed by atoms with Crippen molar-refractivity contribution in [2.45, 2.75) is 26.9 Å². The molecular formula is C24H22ClN3O2S. The maximum absolute atomic E-state index is 13.1. The molecule has 0 unspecified atom stereocenters. The van der Waals surface area contributed by atoms with E-state index in [1.165, 1.54) is 0 Å². The zero-order valence-electron chi connectivity index (χ0n) is 17.2. The zero-order valence-corrected chi connectivity index (χ0v) is 18.8. The molecule has 158 valence electrons. The highest BCUT2D eigenvalue weighted by molar-refractivity contribution is 7.09. The van der Waals surface area contributed by atoms with Gasteiger partial charge in [0.05, 0.1) is 13.1 Å². The van der Waals surface area contributed by atoms with E-state index in [9.17, 15) is 9.59 Å². The van der Waals surface area contributed by atoms with E-state index in [1.54, 1.807) is 40.5 Å². The molecule has 0 radical (unpaired) electrons. The van der Waals surface area contributed by atoms with Gasteiger partial charge >= 0.3 is 6.03 Å². The fraction of sp³-hybridized carbons (Fsp3) is 0.167. The van der Waals surface area contributed by atoms with Crippen molar-refractivity contribution in [1.82, 2.24) is 9.88 Å². The van der Waals surface area contributed by atoms with Crippen molar-refractivity contribution < 1.29 is 4.79 Å². The molecule has 4 aromatic rings. The first-order chi connectivity index (χ1) is 14.9. The molecule has 2 aromatic heterocycles. The Morgan fingerprint density at radius 3 is 2.58 bits per heavy atom. The lowest BCUT2D eigenvalue weighted by Crippen LogP contribution is -2.35. The van der Waals surface area contributed by atoms with Crippen molar-refractivity contribution in [2.24, 2.45) is 0 Å². The third kappa shape index (κ3) is 4.98. The number of anilines is 1. The number of nitrogens with one attached hydrogen (secondary N) is 2. The van der Waals surface area contributed by atoms with E-state index in [0.29, 0.717) is 22.8 Å². The molecule has 2 heterocycles. The summed E-state index contributed by atoms with van der Waals surface area (Å²) in [5, 5.41) is 6.45. The molecule has 31 heavy (non-hydrogen) atoms. The Hall–Kier alpha value is -3.09. The molecule has 5 nitrogen and oxygen atoms in total. The van der Waals surface area contributed by atoms with Crippen LogP contribution in [0.5, 0.6) is 0 Å². The van der Waals surface area contributed by atoms with Gasteiger partial charge in [0.15, 0.2) is 0 Å². The van der Waals surface area contributed by atoms with Gasteiger partial charge in [-0.25, -0.2) is 4.79 Å². The van der Waals surface area contributed by atoms with Crippen LogP contribution >= 0.6 is 22.9 Å². The molecule has 0 spiro atoms. The minimum absolute atomic E-state index is 0.187. The second-order valence-electron chi connectivity index (χ2n) is 7.54. The Bertz CT molecular complexity index is 1280. The summed E-state index contributed by atoms with van der Waals surface area (Å²) in [7, 11) is 0. The standard InChI is InChI=1S/C24H22ClN3O2S/c1-15-10-16(2)21-12-17(23(29)27-22(21)11-15)13-28(14-20-4-3-9-31-20)24(30)26-19-7-5-18(25)6-8-19/h3-12H,13-14H2,1-2H3,(H,26,30)(H,27,29). The van der Waals surface area contributed by atoms with Crippen LogP contribution in [-0.2, 0) is 13.1 Å². The molecule has 2 N–H and O–H groups in total. The minimum Gasteiger partial charge on any atom is -0.322 e. The third-order valence-corrected chi connectivity index (χ3v) is 6.17. The number of rotatable bonds is 5. The molecule has 7 heteroatoms. The number of nitrogens with zero attached hydrogens (tertiary/aromatic N) is 1. The smallest absolute Gasteiger partial charge is 0.322 e. The van der Waals surface area contributed by atoms with Crippen LogP contribution in [0.25, 0.3) is 10.9 Å². The van der Waals surface area contributed by atoms with Crippen molar-refractivity contribution in [3.8, 4) is 0 Å². The molecule has 0 fully saturated rings. The summed E-state index contributed by atoms with van der Waals surface area (Å²) in [6.45, 7) is 4.62. The molecule has 4 rings (SSSR count). The first-order valence-corrected chi connectivity index (χ1v) is 11.1. The van der Waals surface area contributed by atoms with Crippen LogP contribution in [-0.4, -0.2) is 15.9 Å². The van der Waals surface area contributed by atoms with Crippen LogP contribution in [0.4, 0.5) is 10.5 Å². The minimum atomic E-state index is -0.282. The second kappa shape index (κ2) is 8.96. The van der Waals surface area contributed by atoms with Crippen LogP contribution < -0.4 is 10.9 Å². The fourth-order valence-corrected chi connectivity index (χ4v) is 4.41. The van der Waals surface area contributed by atoms with Crippen LogP contribution in [0.15, 0.2) is 64.8 Å². The summed E-state index contributed by atoms with van der Waals surface area (Å²) in [6, 6.07) is 16.5. The van der Waals surface area contributed by atoms with Crippen molar-refractivity contribution in [3.05, 3.63) is 96.9 Å². The second-order valence-corrected chi connectivity index (χ2v) is 9.01. The van der Waals surface area contributed by atoms with Gasteiger partial charge in [-0.3, -0.25) is 4.79 Å². The number of hydrogen-bond acceptors (Lipinski definition) is 3. The van der Waals surface area contributed by atoms with Crippen LogP contribution in [0.1, 0.15) is 21.6 Å². The average Bonchev–Trinajstić information content (AvgIpc) is 3.23. The number of hydrogen-bond donors (Lipinski definition) is 2.